The molecule has 0 unspecified atom stereocenters. The van der Waals surface area contributed by atoms with Crippen molar-refractivity contribution in [2.45, 2.75) is 13.8 Å². The maximum absolute atomic E-state index is 5.44. The molecule has 1 aliphatic heterocycles. The predicted octanol–water partition coefficient (Wildman–Crippen LogP) is 10.8. The van der Waals surface area contributed by atoms with Crippen molar-refractivity contribution < 1.29 is 0 Å². The molecule has 2 heteroatoms. The van der Waals surface area contributed by atoms with E-state index in [2.05, 4.69) is 146 Å². The quantitative estimate of drug-likeness (QED) is 0.208. The Balaban J connectivity index is 1.52. The molecule has 0 spiro atoms. The zero-order chi connectivity index (χ0) is 28.7. The van der Waals surface area contributed by atoms with Crippen molar-refractivity contribution in [2.75, 3.05) is 0 Å². The van der Waals surface area contributed by atoms with E-state index in [1.807, 2.05) is 0 Å². The van der Waals surface area contributed by atoms with Crippen LogP contribution >= 0.6 is 0 Å². The van der Waals surface area contributed by atoms with Gasteiger partial charge < -0.3 is 4.98 Å². The second kappa shape index (κ2) is 9.01. The summed E-state index contributed by atoms with van der Waals surface area (Å²) in [5.41, 5.74) is 9.12. The van der Waals surface area contributed by atoms with Crippen LogP contribution in [0.15, 0.2) is 132 Å². The van der Waals surface area contributed by atoms with E-state index < -0.39 is 0 Å². The Morgan fingerprint density at radius 1 is 0.465 bits per heavy atom. The van der Waals surface area contributed by atoms with Gasteiger partial charge in [-0.1, -0.05) is 127 Å². The van der Waals surface area contributed by atoms with E-state index in [4.69, 9.17) is 4.99 Å². The number of rotatable bonds is 2. The van der Waals surface area contributed by atoms with Crippen molar-refractivity contribution in [1.82, 2.24) is 4.98 Å². The molecule has 0 fully saturated rings. The molecule has 0 bridgehead atoms. The van der Waals surface area contributed by atoms with Crippen LogP contribution in [0.25, 0.3) is 65.1 Å². The first-order valence-electron chi connectivity index (χ1n) is 14.9. The summed E-state index contributed by atoms with van der Waals surface area (Å²) >= 11 is 0. The molecule has 1 N–H and O–H groups in total. The van der Waals surface area contributed by atoms with Gasteiger partial charge in [0.2, 0.25) is 0 Å². The Morgan fingerprint density at radius 3 is 1.49 bits per heavy atom. The van der Waals surface area contributed by atoms with E-state index in [0.29, 0.717) is 0 Å². The zero-order valence-electron chi connectivity index (χ0n) is 24.1. The summed E-state index contributed by atoms with van der Waals surface area (Å²) in [5, 5.41) is 12.6. The van der Waals surface area contributed by atoms with Crippen molar-refractivity contribution in [3.63, 3.8) is 0 Å². The number of aromatic amines is 1. The average molecular weight is 549 g/mol. The van der Waals surface area contributed by atoms with Gasteiger partial charge in [-0.2, -0.15) is 0 Å². The van der Waals surface area contributed by atoms with Crippen molar-refractivity contribution >= 4 is 70.8 Å². The standard InChI is InChI=1S/C41H28N2/c1-24-35-31-20-10-6-16-27(31)29-18-8-12-22-33(29)38(35)40(42-24)37(26-14-4-3-5-15-26)41-39-34-23-13-9-19-30(34)28-17-7-11-21-32(28)36(39)25(2)43-41/h3-23,42H,1-2H3/b41-37-. The third-order valence-electron chi connectivity index (χ3n) is 9.23. The fraction of sp³-hybridized carbons (Fsp3) is 0.0488. The minimum Gasteiger partial charge on any atom is -0.358 e. The third kappa shape index (κ3) is 3.32. The highest BCUT2D eigenvalue weighted by atomic mass is 14.8. The molecule has 0 atom stereocenters. The summed E-state index contributed by atoms with van der Waals surface area (Å²) in [7, 11) is 0. The van der Waals surface area contributed by atoms with Crippen molar-refractivity contribution in [1.29, 1.82) is 0 Å². The number of aryl methyl sites for hydroxylation is 1. The molecule has 2 heterocycles. The highest BCUT2D eigenvalue weighted by Crippen LogP contribution is 2.48. The Kier molecular flexibility index (Phi) is 5.06. The Morgan fingerprint density at radius 2 is 0.907 bits per heavy atom. The van der Waals surface area contributed by atoms with Crippen LogP contribution in [0.4, 0.5) is 0 Å². The largest absolute Gasteiger partial charge is 0.358 e. The third-order valence-corrected chi connectivity index (χ3v) is 9.23. The molecule has 0 aliphatic carbocycles. The fourth-order valence-corrected chi connectivity index (χ4v) is 7.52. The lowest BCUT2D eigenvalue weighted by molar-refractivity contribution is 1.25. The molecule has 2 nitrogen and oxygen atoms in total. The maximum atomic E-state index is 5.44. The lowest BCUT2D eigenvalue weighted by atomic mass is 9.86. The molecular weight excluding hydrogens is 520 g/mol. The predicted molar refractivity (Wildman–Crippen MR) is 184 cm³/mol. The number of nitrogens with zero attached hydrogens (tertiary/aromatic N) is 1. The molecule has 1 aliphatic rings. The molecular formula is C41H28N2. The van der Waals surface area contributed by atoms with E-state index >= 15 is 0 Å². The first-order chi connectivity index (χ1) is 21.2. The van der Waals surface area contributed by atoms with E-state index in [0.717, 1.165) is 28.2 Å². The van der Waals surface area contributed by atoms with Crippen LogP contribution in [0.5, 0.6) is 0 Å². The van der Waals surface area contributed by atoms with Crippen molar-refractivity contribution in [3.05, 3.63) is 155 Å². The first kappa shape index (κ1) is 24.2. The normalized spacial score (nSPS) is 14.2. The number of H-pyrrole nitrogens is 1. The monoisotopic (exact) mass is 548 g/mol. The number of benzene rings is 7. The van der Waals surface area contributed by atoms with Crippen LogP contribution in [-0.2, 0) is 0 Å². The summed E-state index contributed by atoms with van der Waals surface area (Å²) in [4.78, 5) is 9.36. The first-order valence-corrected chi connectivity index (χ1v) is 14.9. The number of hydrogen-bond acceptors (Lipinski definition) is 1. The minimum absolute atomic E-state index is 1.03. The second-order valence-corrected chi connectivity index (χ2v) is 11.6. The van der Waals surface area contributed by atoms with Gasteiger partial charge in [0.1, 0.15) is 0 Å². The summed E-state index contributed by atoms with van der Waals surface area (Å²) in [6, 6.07) is 46.0. The summed E-state index contributed by atoms with van der Waals surface area (Å²) < 4.78 is 0. The van der Waals surface area contributed by atoms with E-state index in [1.54, 1.807) is 0 Å². The van der Waals surface area contributed by atoms with Crippen LogP contribution < -0.4 is 0 Å². The molecule has 0 radical (unpaired) electrons. The molecule has 8 aromatic rings. The maximum Gasteiger partial charge on any atom is 0.0818 e. The average Bonchev–Trinajstić information content (AvgIpc) is 3.59. The second-order valence-electron chi connectivity index (χ2n) is 11.6. The van der Waals surface area contributed by atoms with Crippen LogP contribution in [-0.4, -0.2) is 10.7 Å². The summed E-state index contributed by atoms with van der Waals surface area (Å²) in [5.74, 6) is 0. The summed E-state index contributed by atoms with van der Waals surface area (Å²) in [6.07, 6.45) is 0. The number of fused-ring (bicyclic) bond motifs is 12. The number of aromatic nitrogens is 1. The van der Waals surface area contributed by atoms with Gasteiger partial charge in [-0.25, -0.2) is 0 Å². The molecule has 9 rings (SSSR count). The van der Waals surface area contributed by atoms with Gasteiger partial charge >= 0.3 is 0 Å². The molecule has 7 aromatic carbocycles. The molecule has 1 aromatic heterocycles. The molecule has 0 amide bonds. The Bertz CT molecular complexity index is 2510. The van der Waals surface area contributed by atoms with Gasteiger partial charge in [0.25, 0.3) is 0 Å². The topological polar surface area (TPSA) is 28.1 Å². The summed E-state index contributed by atoms with van der Waals surface area (Å²) in [6.45, 7) is 4.37. The molecule has 43 heavy (non-hydrogen) atoms. The van der Waals surface area contributed by atoms with Gasteiger partial charge in [0.15, 0.2) is 0 Å². The van der Waals surface area contributed by atoms with Crippen LogP contribution in [0.1, 0.15) is 35.0 Å². The zero-order valence-corrected chi connectivity index (χ0v) is 24.1. The number of aliphatic imine (C=N–C) groups is 1. The van der Waals surface area contributed by atoms with Crippen LogP contribution in [0.3, 0.4) is 0 Å². The fourth-order valence-electron chi connectivity index (χ4n) is 7.52. The lowest BCUT2D eigenvalue weighted by Gasteiger charge is -2.16. The van der Waals surface area contributed by atoms with E-state index in [1.165, 1.54) is 70.7 Å². The van der Waals surface area contributed by atoms with Gasteiger partial charge in [0.05, 0.1) is 11.4 Å². The van der Waals surface area contributed by atoms with E-state index in [9.17, 15) is 0 Å². The number of hydrogen-bond donors (Lipinski definition) is 1. The van der Waals surface area contributed by atoms with Gasteiger partial charge in [0, 0.05) is 38.9 Å². The smallest absolute Gasteiger partial charge is 0.0818 e. The van der Waals surface area contributed by atoms with Crippen LogP contribution in [0.2, 0.25) is 0 Å². The Labute approximate surface area is 249 Å². The van der Waals surface area contributed by atoms with Gasteiger partial charge in [-0.15, -0.1) is 0 Å². The highest BCUT2D eigenvalue weighted by Gasteiger charge is 2.29. The van der Waals surface area contributed by atoms with Crippen molar-refractivity contribution in [2.24, 2.45) is 4.99 Å². The van der Waals surface area contributed by atoms with Gasteiger partial charge in [-0.3, -0.25) is 4.99 Å². The van der Waals surface area contributed by atoms with Gasteiger partial charge in [-0.05, 0) is 62.5 Å². The Hall–Kier alpha value is -5.47. The minimum atomic E-state index is 1.03. The van der Waals surface area contributed by atoms with Crippen LogP contribution in [0, 0.1) is 6.92 Å². The lowest BCUT2D eigenvalue weighted by Crippen LogP contribution is -1.98. The van der Waals surface area contributed by atoms with Crippen molar-refractivity contribution in [3.8, 4) is 0 Å². The molecule has 202 valence electrons. The SMILES string of the molecule is CC1=N/C(=C(/c2ccccc2)c2[nH]c(C)c3c4ccccc4c4ccccc4c23)c2c1c1ccccc1c1ccccc21. The molecule has 0 saturated carbocycles. The van der Waals surface area contributed by atoms with E-state index in [-0.39, 0.29) is 0 Å². The molecule has 0 saturated heterocycles. The number of nitrogens with one attached hydrogen (secondary N) is 1. The highest BCUT2D eigenvalue weighted by molar-refractivity contribution is 6.32.